The number of thioether (sulfide) groups is 1. The summed E-state index contributed by atoms with van der Waals surface area (Å²) >= 11 is 1.84. The van der Waals surface area contributed by atoms with E-state index in [0.29, 0.717) is 0 Å². The number of rotatable bonds is 3. The van der Waals surface area contributed by atoms with Crippen LogP contribution in [0.15, 0.2) is 0 Å². The van der Waals surface area contributed by atoms with Crippen LogP contribution in [-0.4, -0.2) is 42.2 Å². The summed E-state index contributed by atoms with van der Waals surface area (Å²) in [5.74, 6) is 0.940. The van der Waals surface area contributed by atoms with E-state index in [1.165, 1.54) is 7.11 Å². The zero-order valence-corrected chi connectivity index (χ0v) is 9.90. The predicted octanol–water partition coefficient (Wildman–Crippen LogP) is 2.22. The van der Waals surface area contributed by atoms with Gasteiger partial charge in [0.1, 0.15) is 0 Å². The number of carbonyl (C=O) groups excluding carboxylic acids is 1. The topological polar surface area (TPSA) is 29.5 Å². The Hall–Kier alpha value is -0.380. The average molecular weight is 205 g/mol. The van der Waals surface area contributed by atoms with Crippen LogP contribution in [0.25, 0.3) is 0 Å². The smallest absolute Gasteiger partial charge is 0.409 e. The molecule has 0 heterocycles. The van der Waals surface area contributed by atoms with Gasteiger partial charge in [-0.05, 0) is 0 Å². The lowest BCUT2D eigenvalue weighted by Gasteiger charge is -2.20. The highest BCUT2D eigenvalue weighted by Crippen LogP contribution is 2.22. The first-order chi connectivity index (χ1) is 5.87. The van der Waals surface area contributed by atoms with Crippen molar-refractivity contribution in [3.05, 3.63) is 0 Å². The van der Waals surface area contributed by atoms with E-state index in [1.807, 2.05) is 11.8 Å². The van der Waals surface area contributed by atoms with Gasteiger partial charge in [-0.3, -0.25) is 0 Å². The third-order valence-electron chi connectivity index (χ3n) is 1.45. The second-order valence-electron chi connectivity index (χ2n) is 3.85. The fourth-order valence-corrected chi connectivity index (χ4v) is 1.71. The van der Waals surface area contributed by atoms with E-state index < -0.39 is 0 Å². The molecule has 0 aliphatic heterocycles. The van der Waals surface area contributed by atoms with E-state index in [2.05, 4.69) is 25.5 Å². The van der Waals surface area contributed by atoms with Crippen LogP contribution in [-0.2, 0) is 4.74 Å². The largest absolute Gasteiger partial charge is 0.453 e. The minimum atomic E-state index is -0.269. The summed E-state index contributed by atoms with van der Waals surface area (Å²) in [6, 6.07) is 0. The third kappa shape index (κ3) is 6.75. The molecular weight excluding hydrogens is 186 g/mol. The lowest BCUT2D eigenvalue weighted by atomic mass is 10.3. The lowest BCUT2D eigenvalue weighted by Crippen LogP contribution is -2.29. The van der Waals surface area contributed by atoms with Gasteiger partial charge in [-0.25, -0.2) is 4.79 Å². The Morgan fingerprint density at radius 2 is 2.00 bits per heavy atom. The van der Waals surface area contributed by atoms with Crippen molar-refractivity contribution in [3.63, 3.8) is 0 Å². The van der Waals surface area contributed by atoms with Crippen LogP contribution in [0, 0.1) is 0 Å². The summed E-state index contributed by atoms with van der Waals surface area (Å²) in [5, 5.41) is 0. The maximum atomic E-state index is 11.0. The summed E-state index contributed by atoms with van der Waals surface area (Å²) in [5.41, 5.74) is 0. The van der Waals surface area contributed by atoms with Gasteiger partial charge in [-0.1, -0.05) is 20.8 Å². The molecule has 0 bridgehead atoms. The molecule has 78 valence electrons. The van der Waals surface area contributed by atoms with E-state index in [1.54, 1.807) is 11.9 Å². The Balaban J connectivity index is 3.59. The van der Waals surface area contributed by atoms with Crippen molar-refractivity contribution in [1.82, 2.24) is 4.90 Å². The SMILES string of the molecule is COC(=O)N(C)CCSC(C)(C)C. The fraction of sp³-hybridized carbons (Fsp3) is 0.889. The van der Waals surface area contributed by atoms with Gasteiger partial charge in [0.05, 0.1) is 7.11 Å². The van der Waals surface area contributed by atoms with E-state index >= 15 is 0 Å². The molecule has 0 aromatic carbocycles. The highest BCUT2D eigenvalue weighted by Gasteiger charge is 2.12. The number of carbonyl (C=O) groups is 1. The summed E-state index contributed by atoms with van der Waals surface area (Å²) < 4.78 is 4.83. The highest BCUT2D eigenvalue weighted by molar-refractivity contribution is 8.00. The van der Waals surface area contributed by atoms with Gasteiger partial charge in [0.15, 0.2) is 0 Å². The molecule has 0 spiro atoms. The summed E-state index contributed by atoms with van der Waals surface area (Å²) in [4.78, 5) is 12.5. The van der Waals surface area contributed by atoms with Crippen molar-refractivity contribution in [2.75, 3.05) is 26.5 Å². The fourth-order valence-electron chi connectivity index (χ4n) is 0.736. The van der Waals surface area contributed by atoms with Crippen molar-refractivity contribution in [3.8, 4) is 0 Å². The van der Waals surface area contributed by atoms with E-state index in [-0.39, 0.29) is 10.8 Å². The lowest BCUT2D eigenvalue weighted by molar-refractivity contribution is 0.135. The molecule has 0 saturated carbocycles. The van der Waals surface area contributed by atoms with Crippen LogP contribution in [0.2, 0.25) is 0 Å². The third-order valence-corrected chi connectivity index (χ3v) is 2.70. The summed E-state index contributed by atoms with van der Waals surface area (Å²) in [6.45, 7) is 7.22. The zero-order chi connectivity index (χ0) is 10.5. The van der Waals surface area contributed by atoms with Crippen LogP contribution < -0.4 is 0 Å². The predicted molar refractivity (Wildman–Crippen MR) is 57.2 cm³/mol. The minimum Gasteiger partial charge on any atom is -0.453 e. The summed E-state index contributed by atoms with van der Waals surface area (Å²) in [6.07, 6.45) is -0.269. The molecule has 4 heteroatoms. The van der Waals surface area contributed by atoms with Crippen molar-refractivity contribution in [2.45, 2.75) is 25.5 Å². The van der Waals surface area contributed by atoms with Crippen molar-refractivity contribution in [1.29, 1.82) is 0 Å². The molecule has 0 aliphatic rings. The monoisotopic (exact) mass is 205 g/mol. The minimum absolute atomic E-state index is 0.261. The number of amides is 1. The van der Waals surface area contributed by atoms with Crippen molar-refractivity contribution in [2.24, 2.45) is 0 Å². The second kappa shape index (κ2) is 5.37. The number of hydrogen-bond acceptors (Lipinski definition) is 3. The molecule has 0 aliphatic carbocycles. The number of nitrogens with zero attached hydrogens (tertiary/aromatic N) is 1. The van der Waals surface area contributed by atoms with Gasteiger partial charge >= 0.3 is 6.09 Å². The normalized spacial score (nSPS) is 11.2. The molecular formula is C9H19NO2S. The Bertz CT molecular complexity index is 165. The Kier molecular flexibility index (Phi) is 5.21. The number of hydrogen-bond donors (Lipinski definition) is 0. The Morgan fingerprint density at radius 3 is 2.38 bits per heavy atom. The van der Waals surface area contributed by atoms with Crippen LogP contribution in [0.5, 0.6) is 0 Å². The highest BCUT2D eigenvalue weighted by atomic mass is 32.2. The molecule has 0 radical (unpaired) electrons. The molecule has 0 rings (SSSR count). The first-order valence-electron chi connectivity index (χ1n) is 4.30. The molecule has 0 fully saturated rings. The standard InChI is InChI=1S/C9H19NO2S/c1-9(2,3)13-7-6-10(4)8(11)12-5/h6-7H2,1-5H3. The number of ether oxygens (including phenoxy) is 1. The molecule has 0 aromatic heterocycles. The van der Waals surface area contributed by atoms with E-state index in [9.17, 15) is 4.79 Å². The average Bonchev–Trinajstić information content (AvgIpc) is 2.00. The first-order valence-corrected chi connectivity index (χ1v) is 5.28. The molecule has 0 atom stereocenters. The molecule has 1 amide bonds. The van der Waals surface area contributed by atoms with Gasteiger partial charge in [-0.2, -0.15) is 11.8 Å². The zero-order valence-electron chi connectivity index (χ0n) is 9.09. The van der Waals surface area contributed by atoms with Crippen LogP contribution in [0.1, 0.15) is 20.8 Å². The maximum Gasteiger partial charge on any atom is 0.409 e. The molecule has 13 heavy (non-hydrogen) atoms. The van der Waals surface area contributed by atoms with Crippen LogP contribution >= 0.6 is 11.8 Å². The second-order valence-corrected chi connectivity index (χ2v) is 5.77. The van der Waals surface area contributed by atoms with Crippen LogP contribution in [0.4, 0.5) is 4.79 Å². The molecule has 0 saturated heterocycles. The Morgan fingerprint density at radius 1 is 1.46 bits per heavy atom. The van der Waals surface area contributed by atoms with E-state index in [0.717, 1.165) is 12.3 Å². The molecule has 3 nitrogen and oxygen atoms in total. The molecule has 0 unspecified atom stereocenters. The van der Waals surface area contributed by atoms with Crippen molar-refractivity contribution < 1.29 is 9.53 Å². The maximum absolute atomic E-state index is 11.0. The van der Waals surface area contributed by atoms with E-state index in [4.69, 9.17) is 0 Å². The quantitative estimate of drug-likeness (QED) is 0.707. The molecule has 0 aromatic rings. The van der Waals surface area contributed by atoms with Gasteiger partial charge in [0.25, 0.3) is 0 Å². The molecule has 0 N–H and O–H groups in total. The van der Waals surface area contributed by atoms with Crippen molar-refractivity contribution >= 4 is 17.9 Å². The van der Waals surface area contributed by atoms with Crippen LogP contribution in [0.3, 0.4) is 0 Å². The van der Waals surface area contributed by atoms with Gasteiger partial charge in [-0.15, -0.1) is 0 Å². The van der Waals surface area contributed by atoms with Gasteiger partial charge in [0.2, 0.25) is 0 Å². The Labute approximate surface area is 84.8 Å². The number of methoxy groups -OCH3 is 1. The first kappa shape index (κ1) is 12.6. The van der Waals surface area contributed by atoms with Gasteiger partial charge < -0.3 is 9.64 Å². The van der Waals surface area contributed by atoms with Gasteiger partial charge in [0, 0.05) is 24.1 Å². The summed E-state index contributed by atoms with van der Waals surface area (Å²) in [7, 11) is 3.14.